The molecule has 0 amide bonds. The summed E-state index contributed by atoms with van der Waals surface area (Å²) >= 11 is 0. The van der Waals surface area contributed by atoms with E-state index in [1.165, 1.54) is 0 Å². The maximum Gasteiger partial charge on any atom is 0.183 e. The minimum absolute atomic E-state index is 0.278. The summed E-state index contributed by atoms with van der Waals surface area (Å²) in [5.74, 6) is 0.885. The molecule has 16 heavy (non-hydrogen) atoms. The van der Waals surface area contributed by atoms with Crippen molar-refractivity contribution in [2.24, 2.45) is 0 Å². The minimum Gasteiger partial charge on any atom is -0.496 e. The van der Waals surface area contributed by atoms with Crippen LogP contribution >= 0.6 is 0 Å². The molecule has 0 spiro atoms. The molecular formula is C13H20O3. The van der Waals surface area contributed by atoms with Gasteiger partial charge in [-0.2, -0.15) is 0 Å². The zero-order valence-corrected chi connectivity index (χ0v) is 10.4. The van der Waals surface area contributed by atoms with Gasteiger partial charge in [-0.05, 0) is 38.5 Å². The van der Waals surface area contributed by atoms with Crippen LogP contribution < -0.4 is 4.74 Å². The summed E-state index contributed by atoms with van der Waals surface area (Å²) in [6.45, 7) is 7.20. The molecule has 0 radical (unpaired) electrons. The van der Waals surface area contributed by atoms with Crippen LogP contribution in [0.2, 0.25) is 0 Å². The van der Waals surface area contributed by atoms with E-state index in [4.69, 9.17) is 14.2 Å². The van der Waals surface area contributed by atoms with E-state index in [0.29, 0.717) is 13.2 Å². The summed E-state index contributed by atoms with van der Waals surface area (Å²) < 4.78 is 16.3. The van der Waals surface area contributed by atoms with Crippen molar-refractivity contribution in [2.75, 3.05) is 20.3 Å². The van der Waals surface area contributed by atoms with Crippen LogP contribution in [-0.2, 0) is 9.47 Å². The smallest absolute Gasteiger partial charge is 0.183 e. The number of hydrogen-bond donors (Lipinski definition) is 0. The molecule has 0 N–H and O–H groups in total. The molecule has 0 saturated carbocycles. The fourth-order valence-corrected chi connectivity index (χ4v) is 1.59. The van der Waals surface area contributed by atoms with E-state index in [0.717, 1.165) is 16.9 Å². The lowest BCUT2D eigenvalue weighted by molar-refractivity contribution is -0.140. The van der Waals surface area contributed by atoms with Crippen LogP contribution in [-0.4, -0.2) is 20.3 Å². The van der Waals surface area contributed by atoms with E-state index in [-0.39, 0.29) is 6.29 Å². The van der Waals surface area contributed by atoms with Crippen LogP contribution in [0.5, 0.6) is 5.75 Å². The van der Waals surface area contributed by atoms with Crippen LogP contribution in [0, 0.1) is 6.92 Å². The molecule has 0 heterocycles. The molecule has 0 unspecified atom stereocenters. The summed E-state index contributed by atoms with van der Waals surface area (Å²) in [4.78, 5) is 0. The van der Waals surface area contributed by atoms with Crippen molar-refractivity contribution >= 4 is 0 Å². The summed E-state index contributed by atoms with van der Waals surface area (Å²) in [5.41, 5.74) is 2.12. The first-order valence-corrected chi connectivity index (χ1v) is 5.60. The third-order valence-electron chi connectivity index (χ3n) is 2.33. The van der Waals surface area contributed by atoms with Gasteiger partial charge in [0.2, 0.25) is 0 Å². The minimum atomic E-state index is -0.278. The second kappa shape index (κ2) is 6.51. The highest BCUT2D eigenvalue weighted by Crippen LogP contribution is 2.25. The first kappa shape index (κ1) is 13.0. The Hall–Kier alpha value is -1.06. The van der Waals surface area contributed by atoms with Gasteiger partial charge in [0.1, 0.15) is 5.75 Å². The predicted molar refractivity (Wildman–Crippen MR) is 63.7 cm³/mol. The highest BCUT2D eigenvalue weighted by molar-refractivity contribution is 5.36. The largest absolute Gasteiger partial charge is 0.496 e. The lowest BCUT2D eigenvalue weighted by atomic mass is 10.1. The van der Waals surface area contributed by atoms with Crippen LogP contribution in [0.25, 0.3) is 0 Å². The molecule has 1 rings (SSSR count). The van der Waals surface area contributed by atoms with Gasteiger partial charge in [-0.25, -0.2) is 0 Å². The number of aryl methyl sites for hydroxylation is 1. The Kier molecular flexibility index (Phi) is 5.29. The molecule has 0 aliphatic rings. The molecule has 0 aliphatic heterocycles. The molecule has 3 nitrogen and oxygen atoms in total. The second-order valence-corrected chi connectivity index (χ2v) is 3.47. The summed E-state index contributed by atoms with van der Waals surface area (Å²) in [6, 6.07) is 5.95. The van der Waals surface area contributed by atoms with E-state index < -0.39 is 0 Å². The van der Waals surface area contributed by atoms with E-state index in [1.54, 1.807) is 7.11 Å². The average molecular weight is 224 g/mol. The lowest BCUT2D eigenvalue weighted by Gasteiger charge is -2.18. The first-order valence-electron chi connectivity index (χ1n) is 5.60. The normalized spacial score (nSPS) is 10.8. The van der Waals surface area contributed by atoms with Crippen LogP contribution in [0.1, 0.15) is 31.3 Å². The summed E-state index contributed by atoms with van der Waals surface area (Å²) in [7, 11) is 1.67. The second-order valence-electron chi connectivity index (χ2n) is 3.47. The molecule has 90 valence electrons. The summed E-state index contributed by atoms with van der Waals surface area (Å²) in [6.07, 6.45) is -0.278. The van der Waals surface area contributed by atoms with Crippen LogP contribution in [0.4, 0.5) is 0 Å². The fraction of sp³-hybridized carbons (Fsp3) is 0.538. The van der Waals surface area contributed by atoms with E-state index in [9.17, 15) is 0 Å². The number of ether oxygens (including phenoxy) is 3. The Morgan fingerprint density at radius 2 is 1.75 bits per heavy atom. The van der Waals surface area contributed by atoms with E-state index >= 15 is 0 Å². The zero-order chi connectivity index (χ0) is 12.0. The first-order chi connectivity index (χ1) is 7.72. The van der Waals surface area contributed by atoms with E-state index in [1.807, 2.05) is 39.0 Å². The SMILES string of the molecule is CCOC(OCC)c1ccc(OC)c(C)c1. The van der Waals surface area contributed by atoms with Crippen LogP contribution in [0.3, 0.4) is 0 Å². The van der Waals surface area contributed by atoms with Gasteiger partial charge < -0.3 is 14.2 Å². The Morgan fingerprint density at radius 3 is 2.19 bits per heavy atom. The third-order valence-corrected chi connectivity index (χ3v) is 2.33. The molecule has 1 aromatic rings. The third kappa shape index (κ3) is 3.22. The van der Waals surface area contributed by atoms with Crippen molar-refractivity contribution in [2.45, 2.75) is 27.1 Å². The van der Waals surface area contributed by atoms with Gasteiger partial charge in [0.15, 0.2) is 6.29 Å². The number of rotatable bonds is 6. The van der Waals surface area contributed by atoms with Gasteiger partial charge in [-0.3, -0.25) is 0 Å². The predicted octanol–water partition coefficient (Wildman–Crippen LogP) is 3.08. The van der Waals surface area contributed by atoms with Crippen molar-refractivity contribution < 1.29 is 14.2 Å². The van der Waals surface area contributed by atoms with Gasteiger partial charge in [0.05, 0.1) is 7.11 Å². The van der Waals surface area contributed by atoms with Crippen molar-refractivity contribution in [1.29, 1.82) is 0 Å². The lowest BCUT2D eigenvalue weighted by Crippen LogP contribution is -2.09. The molecule has 0 atom stereocenters. The van der Waals surface area contributed by atoms with Crippen molar-refractivity contribution in [3.63, 3.8) is 0 Å². The maximum atomic E-state index is 5.53. The zero-order valence-electron chi connectivity index (χ0n) is 10.4. The molecule has 3 heteroatoms. The molecular weight excluding hydrogens is 204 g/mol. The molecule has 0 aliphatic carbocycles. The molecule has 0 bridgehead atoms. The van der Waals surface area contributed by atoms with Crippen LogP contribution in [0.15, 0.2) is 18.2 Å². The summed E-state index contributed by atoms with van der Waals surface area (Å²) in [5, 5.41) is 0. The van der Waals surface area contributed by atoms with E-state index in [2.05, 4.69) is 0 Å². The van der Waals surface area contributed by atoms with Crippen molar-refractivity contribution in [3.05, 3.63) is 29.3 Å². The van der Waals surface area contributed by atoms with Crippen molar-refractivity contribution in [1.82, 2.24) is 0 Å². The molecule has 1 aromatic carbocycles. The molecule has 0 fully saturated rings. The quantitative estimate of drug-likeness (QED) is 0.695. The monoisotopic (exact) mass is 224 g/mol. The van der Waals surface area contributed by atoms with Gasteiger partial charge in [-0.15, -0.1) is 0 Å². The number of methoxy groups -OCH3 is 1. The molecule has 0 saturated heterocycles. The Bertz CT molecular complexity index is 317. The average Bonchev–Trinajstić information content (AvgIpc) is 2.28. The fourth-order valence-electron chi connectivity index (χ4n) is 1.59. The maximum absolute atomic E-state index is 5.53. The highest BCUT2D eigenvalue weighted by atomic mass is 16.7. The standard InChI is InChI=1S/C13H20O3/c1-5-15-13(16-6-2)11-7-8-12(14-4)10(3)9-11/h7-9,13H,5-6H2,1-4H3. The molecule has 0 aromatic heterocycles. The Labute approximate surface area is 97.3 Å². The van der Waals surface area contributed by atoms with Gasteiger partial charge in [0.25, 0.3) is 0 Å². The Morgan fingerprint density at radius 1 is 1.12 bits per heavy atom. The number of hydrogen-bond acceptors (Lipinski definition) is 3. The highest BCUT2D eigenvalue weighted by Gasteiger charge is 2.12. The van der Waals surface area contributed by atoms with Gasteiger partial charge >= 0.3 is 0 Å². The number of benzene rings is 1. The van der Waals surface area contributed by atoms with Crippen molar-refractivity contribution in [3.8, 4) is 5.75 Å². The van der Waals surface area contributed by atoms with Gasteiger partial charge in [0, 0.05) is 18.8 Å². The Balaban J connectivity index is 2.87. The topological polar surface area (TPSA) is 27.7 Å². The van der Waals surface area contributed by atoms with Gasteiger partial charge in [-0.1, -0.05) is 6.07 Å².